The summed E-state index contributed by atoms with van der Waals surface area (Å²) in [5.74, 6) is -1.24. The highest BCUT2D eigenvalue weighted by atomic mass is 79.9. The molecule has 0 atom stereocenters. The van der Waals surface area contributed by atoms with Crippen LogP contribution in [0.5, 0.6) is 0 Å². The van der Waals surface area contributed by atoms with Crippen molar-refractivity contribution < 1.29 is 13.7 Å². The van der Waals surface area contributed by atoms with E-state index in [1.165, 1.54) is 12.1 Å². The molecule has 110 valence electrons. The fourth-order valence-corrected chi connectivity index (χ4v) is 2.17. The number of nitrogens with zero attached hydrogens (tertiary/aromatic N) is 1. The van der Waals surface area contributed by atoms with Crippen molar-refractivity contribution in [1.82, 2.24) is 0 Å². The smallest absolute Gasteiger partial charge is 0.288 e. The van der Waals surface area contributed by atoms with Crippen LogP contribution >= 0.6 is 27.5 Å². The lowest BCUT2D eigenvalue weighted by Crippen LogP contribution is -2.03. The largest absolute Gasteiger partial charge is 0.379 e. The van der Waals surface area contributed by atoms with Gasteiger partial charge in [0.1, 0.15) is 16.7 Å². The van der Waals surface area contributed by atoms with Crippen LogP contribution in [0.25, 0.3) is 0 Å². The molecule has 2 rings (SSSR count). The maximum Gasteiger partial charge on any atom is 0.288 e. The summed E-state index contributed by atoms with van der Waals surface area (Å²) in [7, 11) is 0. The van der Waals surface area contributed by atoms with Gasteiger partial charge in [0.05, 0.1) is 15.1 Å². The Morgan fingerprint density at radius 1 is 1.24 bits per heavy atom. The zero-order valence-corrected chi connectivity index (χ0v) is 12.7. The molecule has 0 aromatic heterocycles. The molecule has 8 heteroatoms. The van der Waals surface area contributed by atoms with Gasteiger partial charge >= 0.3 is 0 Å². The van der Waals surface area contributed by atoms with Gasteiger partial charge in [-0.3, -0.25) is 10.1 Å². The Morgan fingerprint density at radius 2 is 1.95 bits per heavy atom. The third kappa shape index (κ3) is 3.68. The van der Waals surface area contributed by atoms with Crippen LogP contribution in [0, 0.1) is 21.7 Å². The highest BCUT2D eigenvalue weighted by molar-refractivity contribution is 9.10. The van der Waals surface area contributed by atoms with Crippen LogP contribution in [0.15, 0.2) is 34.8 Å². The molecule has 0 aliphatic rings. The second-order valence-electron chi connectivity index (χ2n) is 4.14. The maximum atomic E-state index is 13.6. The van der Waals surface area contributed by atoms with Crippen LogP contribution in [-0.2, 0) is 6.54 Å². The zero-order valence-electron chi connectivity index (χ0n) is 10.4. The topological polar surface area (TPSA) is 55.2 Å². The van der Waals surface area contributed by atoms with Gasteiger partial charge < -0.3 is 5.32 Å². The monoisotopic (exact) mass is 376 g/mol. The lowest BCUT2D eigenvalue weighted by Gasteiger charge is -2.09. The Bertz CT molecular complexity index is 713. The first-order valence-corrected chi connectivity index (χ1v) is 6.87. The summed E-state index contributed by atoms with van der Waals surface area (Å²) in [4.78, 5) is 10.2. The third-order valence-corrected chi connectivity index (χ3v) is 3.63. The predicted octanol–water partition coefficient (Wildman–Crippen LogP) is 4.90. The minimum Gasteiger partial charge on any atom is -0.379 e. The number of anilines is 1. The molecule has 2 aromatic rings. The summed E-state index contributed by atoms with van der Waals surface area (Å²) in [6, 6.07) is 6.23. The van der Waals surface area contributed by atoms with Crippen molar-refractivity contribution in [3.8, 4) is 0 Å². The molecule has 21 heavy (non-hydrogen) atoms. The summed E-state index contributed by atoms with van der Waals surface area (Å²) < 4.78 is 27.0. The van der Waals surface area contributed by atoms with Crippen LogP contribution < -0.4 is 5.32 Å². The van der Waals surface area contributed by atoms with Crippen molar-refractivity contribution in [2.75, 3.05) is 5.32 Å². The van der Waals surface area contributed by atoms with Crippen LogP contribution in [0.2, 0.25) is 5.02 Å². The van der Waals surface area contributed by atoms with Gasteiger partial charge in [-0.25, -0.2) is 8.78 Å². The first-order chi connectivity index (χ1) is 9.88. The third-order valence-electron chi connectivity index (χ3n) is 2.70. The van der Waals surface area contributed by atoms with Crippen LogP contribution in [0.1, 0.15) is 5.56 Å². The van der Waals surface area contributed by atoms with Crippen molar-refractivity contribution in [2.45, 2.75) is 6.54 Å². The van der Waals surface area contributed by atoms with Gasteiger partial charge in [0.2, 0.25) is 0 Å². The maximum absolute atomic E-state index is 13.6. The molecule has 0 radical (unpaired) electrons. The lowest BCUT2D eigenvalue weighted by atomic mass is 10.2. The van der Waals surface area contributed by atoms with Crippen LogP contribution in [0.3, 0.4) is 0 Å². The van der Waals surface area contributed by atoms with Gasteiger partial charge in [-0.2, -0.15) is 0 Å². The number of benzene rings is 2. The first kappa shape index (κ1) is 15.7. The average molecular weight is 378 g/mol. The molecule has 0 bridgehead atoms. The van der Waals surface area contributed by atoms with Crippen molar-refractivity contribution in [3.63, 3.8) is 0 Å². The molecule has 4 nitrogen and oxygen atoms in total. The molecule has 0 heterocycles. The predicted molar refractivity (Wildman–Crippen MR) is 79.5 cm³/mol. The molecule has 0 unspecified atom stereocenters. The summed E-state index contributed by atoms with van der Waals surface area (Å²) in [6.07, 6.45) is 0. The summed E-state index contributed by atoms with van der Waals surface area (Å²) in [6.45, 7) is 0.0933. The van der Waals surface area contributed by atoms with E-state index in [-0.39, 0.29) is 27.4 Å². The number of hydrogen-bond donors (Lipinski definition) is 1. The standard InChI is InChI=1S/C13H8BrClF2N2O2/c14-8-4-11(17)12(5-10(8)16)18-6-7-1-2-9(15)13(3-7)19(20)21/h1-5,18H,6H2. The minimum atomic E-state index is -0.633. The fraction of sp³-hybridized carbons (Fsp3) is 0.0769. The van der Waals surface area contributed by atoms with E-state index in [4.69, 9.17) is 11.6 Å². The Kier molecular flexibility index (Phi) is 4.74. The molecule has 0 amide bonds. The van der Waals surface area contributed by atoms with Gasteiger partial charge in [-0.05, 0) is 33.6 Å². The number of nitro groups is 1. The van der Waals surface area contributed by atoms with E-state index in [1.807, 2.05) is 0 Å². The highest BCUT2D eigenvalue weighted by Crippen LogP contribution is 2.27. The quantitative estimate of drug-likeness (QED) is 0.468. The molecule has 2 aromatic carbocycles. The number of rotatable bonds is 4. The van der Waals surface area contributed by atoms with E-state index < -0.39 is 16.6 Å². The number of nitro benzene ring substituents is 1. The minimum absolute atomic E-state index is 0.0182. The summed E-state index contributed by atoms with van der Waals surface area (Å²) >= 11 is 8.57. The van der Waals surface area contributed by atoms with Crippen molar-refractivity contribution in [2.24, 2.45) is 0 Å². The van der Waals surface area contributed by atoms with Gasteiger partial charge in [-0.1, -0.05) is 17.7 Å². The summed E-state index contributed by atoms with van der Waals surface area (Å²) in [5, 5.41) is 13.5. The van der Waals surface area contributed by atoms with Crippen LogP contribution in [-0.4, -0.2) is 4.92 Å². The van der Waals surface area contributed by atoms with E-state index in [2.05, 4.69) is 21.2 Å². The number of halogens is 4. The second kappa shape index (κ2) is 6.36. The Labute approximate surface area is 132 Å². The first-order valence-electron chi connectivity index (χ1n) is 5.69. The molecule has 0 saturated heterocycles. The Hall–Kier alpha value is -1.73. The zero-order chi connectivity index (χ0) is 15.6. The fourth-order valence-electron chi connectivity index (χ4n) is 1.66. The van der Waals surface area contributed by atoms with Crippen molar-refractivity contribution >= 4 is 38.9 Å². The van der Waals surface area contributed by atoms with Crippen molar-refractivity contribution in [3.05, 3.63) is 67.1 Å². The highest BCUT2D eigenvalue weighted by Gasteiger charge is 2.13. The molecule has 0 fully saturated rings. The van der Waals surface area contributed by atoms with E-state index in [0.29, 0.717) is 5.56 Å². The molecule has 0 saturated carbocycles. The van der Waals surface area contributed by atoms with Gasteiger partial charge in [0.15, 0.2) is 0 Å². The van der Waals surface area contributed by atoms with E-state index in [0.717, 1.165) is 12.1 Å². The SMILES string of the molecule is O=[N+]([O-])c1cc(CNc2cc(F)c(Br)cc2F)ccc1Cl. The number of nitrogens with one attached hydrogen (secondary N) is 1. The molecular weight excluding hydrogens is 370 g/mol. The molecule has 0 aliphatic heterocycles. The molecule has 0 aliphatic carbocycles. The average Bonchev–Trinajstić information content (AvgIpc) is 2.42. The van der Waals surface area contributed by atoms with Gasteiger partial charge in [-0.15, -0.1) is 0 Å². The van der Waals surface area contributed by atoms with E-state index in [1.54, 1.807) is 6.07 Å². The Morgan fingerprint density at radius 3 is 2.62 bits per heavy atom. The van der Waals surface area contributed by atoms with Crippen molar-refractivity contribution in [1.29, 1.82) is 0 Å². The van der Waals surface area contributed by atoms with Gasteiger partial charge in [0.25, 0.3) is 5.69 Å². The molecule has 0 spiro atoms. The molecular formula is C13H8BrClF2N2O2. The van der Waals surface area contributed by atoms with E-state index >= 15 is 0 Å². The summed E-state index contributed by atoms with van der Waals surface area (Å²) in [5.41, 5.74) is 0.251. The number of hydrogen-bond acceptors (Lipinski definition) is 3. The van der Waals surface area contributed by atoms with E-state index in [9.17, 15) is 18.9 Å². The molecule has 1 N–H and O–H groups in total. The van der Waals surface area contributed by atoms with Gasteiger partial charge in [0, 0.05) is 18.7 Å². The normalized spacial score (nSPS) is 10.5. The second-order valence-corrected chi connectivity index (χ2v) is 5.40. The Balaban J connectivity index is 2.19. The van der Waals surface area contributed by atoms with Crippen LogP contribution in [0.4, 0.5) is 20.2 Å². The lowest BCUT2D eigenvalue weighted by molar-refractivity contribution is -0.384.